The Balaban J connectivity index is 3.51. The summed E-state index contributed by atoms with van der Waals surface area (Å²) >= 11 is 0. The minimum atomic E-state index is -7.32. The Hall–Kier alpha value is -3.04. The van der Waals surface area contributed by atoms with Crippen molar-refractivity contribution < 1.29 is 90.2 Å². The first kappa shape index (κ1) is 46.0. The van der Waals surface area contributed by atoms with Crippen LogP contribution in [-0.2, 0) is 29.1 Å². The van der Waals surface area contributed by atoms with Gasteiger partial charge in [0.2, 0.25) is 0 Å². The number of hydrogen-bond donors (Lipinski definition) is 1. The van der Waals surface area contributed by atoms with Gasteiger partial charge in [-0.1, -0.05) is 66.2 Å². The largest absolute Gasteiger partial charge is 0.462 e. The third-order valence-corrected chi connectivity index (χ3v) is 8.29. The minimum Gasteiger partial charge on any atom is -0.462 e. The summed E-state index contributed by atoms with van der Waals surface area (Å²) in [6.07, 6.45) is -22.6. The third-order valence-electron chi connectivity index (χ3n) is 7.41. The van der Waals surface area contributed by atoms with Crippen LogP contribution in [0.15, 0.2) is 18.2 Å². The molecular formula is C30H38F10O10S. The molecule has 294 valence electrons. The molecule has 1 aromatic carbocycles. The van der Waals surface area contributed by atoms with E-state index in [9.17, 15) is 66.7 Å². The standard InChI is InChI=1S/C30H38F10O10S/c1-5-9-11-18(7-3)13-23(41)48-22-15-20(14-21(16-22)25(43)47-17-19(8-4)12-10-6-2)24(42)26(31,32)49-27(33,34)28(35,36)50-29(37,38)30(39,40)51(44,45)46/h14-16,18-19H,5-13,17H2,1-4H3,(H,44,45,46). The summed E-state index contributed by atoms with van der Waals surface area (Å²) in [6, 6.07) is 1.38. The first-order chi connectivity index (χ1) is 23.2. The number of halogens is 10. The molecule has 1 aromatic rings. The number of rotatable bonds is 23. The molecule has 0 aliphatic carbocycles. The van der Waals surface area contributed by atoms with E-state index in [1.54, 1.807) is 13.8 Å². The Labute approximate surface area is 286 Å². The van der Waals surface area contributed by atoms with Crippen LogP contribution in [0.4, 0.5) is 43.9 Å². The molecule has 0 aromatic heterocycles. The lowest BCUT2D eigenvalue weighted by Gasteiger charge is -2.32. The van der Waals surface area contributed by atoms with Crippen molar-refractivity contribution in [3.63, 3.8) is 0 Å². The van der Waals surface area contributed by atoms with Crippen LogP contribution in [0.25, 0.3) is 0 Å². The van der Waals surface area contributed by atoms with Crippen LogP contribution in [-0.4, -0.2) is 67.0 Å². The van der Waals surface area contributed by atoms with Crippen molar-refractivity contribution in [3.8, 4) is 5.75 Å². The number of ketones is 1. The quantitative estimate of drug-likeness (QED) is 0.0377. The van der Waals surface area contributed by atoms with Gasteiger partial charge >= 0.3 is 51.7 Å². The average molecular weight is 781 g/mol. The van der Waals surface area contributed by atoms with Crippen LogP contribution in [0.3, 0.4) is 0 Å². The van der Waals surface area contributed by atoms with Crippen molar-refractivity contribution in [2.24, 2.45) is 11.8 Å². The highest BCUT2D eigenvalue weighted by atomic mass is 32.2. The van der Waals surface area contributed by atoms with Crippen LogP contribution in [0.2, 0.25) is 0 Å². The molecule has 0 radical (unpaired) electrons. The number of carbonyl (C=O) groups excluding carboxylic acids is 3. The predicted molar refractivity (Wildman–Crippen MR) is 156 cm³/mol. The highest BCUT2D eigenvalue weighted by Gasteiger charge is 2.76. The fraction of sp³-hybridized carbons (Fsp3) is 0.700. The fourth-order valence-corrected chi connectivity index (χ4v) is 4.64. The number of carbonyl (C=O) groups is 3. The minimum absolute atomic E-state index is 0.168. The van der Waals surface area contributed by atoms with Crippen molar-refractivity contribution in [2.45, 2.75) is 115 Å². The normalized spacial score (nSPS) is 14.6. The van der Waals surface area contributed by atoms with Gasteiger partial charge in [-0.25, -0.2) is 14.3 Å². The van der Waals surface area contributed by atoms with Gasteiger partial charge in [-0.2, -0.15) is 52.3 Å². The number of ether oxygens (including phenoxy) is 4. The van der Waals surface area contributed by atoms with Crippen LogP contribution >= 0.6 is 0 Å². The molecule has 0 aliphatic rings. The lowest BCUT2D eigenvalue weighted by atomic mass is 9.96. The number of benzene rings is 1. The van der Waals surface area contributed by atoms with Gasteiger partial charge < -0.3 is 9.47 Å². The van der Waals surface area contributed by atoms with E-state index < -0.39 is 74.4 Å². The predicted octanol–water partition coefficient (Wildman–Crippen LogP) is 8.64. The molecule has 0 aliphatic heterocycles. The summed E-state index contributed by atoms with van der Waals surface area (Å²) in [4.78, 5) is 38.2. The SMILES string of the molecule is CCCCC(CC)COC(=O)c1cc(OC(=O)CC(CC)CCCC)cc(C(=O)C(F)(F)OC(F)(F)C(F)(F)OC(F)(F)C(F)(F)S(=O)(=O)O)c1. The van der Waals surface area contributed by atoms with E-state index in [2.05, 4.69) is 4.74 Å². The molecule has 10 nitrogen and oxygen atoms in total. The molecule has 21 heteroatoms. The Morgan fingerprint density at radius 3 is 1.71 bits per heavy atom. The zero-order valence-corrected chi connectivity index (χ0v) is 28.6. The average Bonchev–Trinajstić information content (AvgIpc) is 3.00. The summed E-state index contributed by atoms with van der Waals surface area (Å²) in [5, 5.41) is -7.01. The second-order valence-corrected chi connectivity index (χ2v) is 12.9. The van der Waals surface area contributed by atoms with E-state index in [1.807, 2.05) is 18.6 Å². The van der Waals surface area contributed by atoms with Crippen molar-refractivity contribution in [1.29, 1.82) is 0 Å². The van der Waals surface area contributed by atoms with Gasteiger partial charge in [0, 0.05) is 12.0 Å². The number of hydrogen-bond acceptors (Lipinski definition) is 9. The summed E-state index contributed by atoms with van der Waals surface area (Å²) in [6.45, 7) is 7.13. The van der Waals surface area contributed by atoms with Crippen molar-refractivity contribution in [1.82, 2.24) is 0 Å². The van der Waals surface area contributed by atoms with Gasteiger partial charge in [-0.05, 0) is 42.9 Å². The molecule has 2 unspecified atom stereocenters. The second kappa shape index (κ2) is 18.1. The monoisotopic (exact) mass is 780 g/mol. The topological polar surface area (TPSA) is 142 Å². The first-order valence-corrected chi connectivity index (χ1v) is 17.0. The molecular weight excluding hydrogens is 742 g/mol. The van der Waals surface area contributed by atoms with E-state index in [0.717, 1.165) is 31.7 Å². The van der Waals surface area contributed by atoms with Crippen LogP contribution in [0.1, 0.15) is 106 Å². The number of alkyl halides is 10. The Morgan fingerprint density at radius 1 is 0.725 bits per heavy atom. The zero-order chi connectivity index (χ0) is 39.6. The summed E-state index contributed by atoms with van der Waals surface area (Å²) in [7, 11) is -7.32. The molecule has 0 saturated carbocycles. The van der Waals surface area contributed by atoms with Gasteiger partial charge in [0.05, 0.1) is 12.2 Å². The second-order valence-electron chi connectivity index (χ2n) is 11.4. The lowest BCUT2D eigenvalue weighted by Crippen LogP contribution is -2.58. The Bertz CT molecular complexity index is 1450. The summed E-state index contributed by atoms with van der Waals surface area (Å²) in [5.74, 6) is -6.41. The van der Waals surface area contributed by atoms with Crippen molar-refractivity contribution >= 4 is 27.8 Å². The lowest BCUT2D eigenvalue weighted by molar-refractivity contribution is -0.516. The maximum absolute atomic E-state index is 14.7. The smallest absolute Gasteiger partial charge is 0.460 e. The molecule has 0 bridgehead atoms. The van der Waals surface area contributed by atoms with E-state index >= 15 is 0 Å². The Kier molecular flexibility index (Phi) is 16.3. The molecule has 2 atom stereocenters. The van der Waals surface area contributed by atoms with Crippen LogP contribution in [0, 0.1) is 11.8 Å². The van der Waals surface area contributed by atoms with Crippen molar-refractivity contribution in [3.05, 3.63) is 29.3 Å². The molecule has 51 heavy (non-hydrogen) atoms. The van der Waals surface area contributed by atoms with Gasteiger partial charge in [-0.3, -0.25) is 14.1 Å². The zero-order valence-electron chi connectivity index (χ0n) is 27.8. The molecule has 1 N–H and O–H groups in total. The highest BCUT2D eigenvalue weighted by molar-refractivity contribution is 7.86. The molecule has 0 saturated heterocycles. The number of unbranched alkanes of at least 4 members (excludes halogenated alkanes) is 2. The summed E-state index contributed by atoms with van der Waals surface area (Å²) in [5.41, 5.74) is -2.27. The van der Waals surface area contributed by atoms with Gasteiger partial charge in [0.15, 0.2) is 0 Å². The number of Topliss-reactive ketones (excluding diaryl/α,β-unsaturated/α-hetero) is 1. The molecule has 1 rings (SSSR count). The maximum Gasteiger partial charge on any atom is 0.460 e. The van der Waals surface area contributed by atoms with Crippen LogP contribution < -0.4 is 4.74 Å². The molecule has 0 fully saturated rings. The molecule has 0 spiro atoms. The van der Waals surface area contributed by atoms with Gasteiger partial charge in [0.1, 0.15) is 5.75 Å². The maximum atomic E-state index is 14.7. The van der Waals surface area contributed by atoms with Gasteiger partial charge in [-0.15, -0.1) is 0 Å². The van der Waals surface area contributed by atoms with E-state index in [4.69, 9.17) is 14.0 Å². The van der Waals surface area contributed by atoms with Crippen molar-refractivity contribution in [2.75, 3.05) is 6.61 Å². The Morgan fingerprint density at radius 2 is 1.22 bits per heavy atom. The van der Waals surface area contributed by atoms with Gasteiger partial charge in [0.25, 0.3) is 5.78 Å². The van der Waals surface area contributed by atoms with E-state index in [-0.39, 0.29) is 24.9 Å². The first-order valence-electron chi connectivity index (χ1n) is 15.6. The number of esters is 2. The van der Waals surface area contributed by atoms with E-state index in [0.29, 0.717) is 37.8 Å². The highest BCUT2D eigenvalue weighted by Crippen LogP contribution is 2.48. The fourth-order valence-electron chi connectivity index (χ4n) is 4.30. The van der Waals surface area contributed by atoms with E-state index in [1.165, 1.54) is 0 Å². The molecule has 0 amide bonds. The third kappa shape index (κ3) is 12.6. The molecule has 0 heterocycles. The summed E-state index contributed by atoms with van der Waals surface area (Å²) < 4.78 is 183. The van der Waals surface area contributed by atoms with Crippen LogP contribution in [0.5, 0.6) is 5.75 Å².